The number of halogens is 1. The molecule has 20 heavy (non-hydrogen) atoms. The van der Waals surface area contributed by atoms with Crippen molar-refractivity contribution in [3.8, 4) is 0 Å². The average molecular weight is 378 g/mol. The number of benzene rings is 1. The SMILES string of the molecule is IC1CCN(c2ccn3c(n2)nc2ccccc23)CC1. The number of rotatable bonds is 1. The fourth-order valence-corrected chi connectivity index (χ4v) is 3.35. The van der Waals surface area contributed by atoms with Crippen LogP contribution in [0.4, 0.5) is 5.82 Å². The van der Waals surface area contributed by atoms with Gasteiger partial charge in [-0.15, -0.1) is 0 Å². The molecule has 1 aliphatic rings. The second kappa shape index (κ2) is 4.87. The highest BCUT2D eigenvalue weighted by atomic mass is 127. The Morgan fingerprint density at radius 1 is 1.05 bits per heavy atom. The lowest BCUT2D eigenvalue weighted by atomic mass is 10.1. The summed E-state index contributed by atoms with van der Waals surface area (Å²) in [6.07, 6.45) is 4.57. The Morgan fingerprint density at radius 2 is 1.85 bits per heavy atom. The Kier molecular flexibility index (Phi) is 3.02. The van der Waals surface area contributed by atoms with E-state index >= 15 is 0 Å². The fraction of sp³-hybridized carbons (Fsp3) is 0.333. The lowest BCUT2D eigenvalue weighted by Crippen LogP contribution is -2.34. The van der Waals surface area contributed by atoms with Crippen LogP contribution in [0.2, 0.25) is 0 Å². The summed E-state index contributed by atoms with van der Waals surface area (Å²) in [7, 11) is 0. The van der Waals surface area contributed by atoms with Crippen LogP contribution in [0.25, 0.3) is 16.8 Å². The van der Waals surface area contributed by atoms with Gasteiger partial charge in [0.25, 0.3) is 0 Å². The van der Waals surface area contributed by atoms with Crippen LogP contribution in [0.15, 0.2) is 36.5 Å². The van der Waals surface area contributed by atoms with Crippen molar-refractivity contribution in [1.82, 2.24) is 14.4 Å². The van der Waals surface area contributed by atoms with Crippen molar-refractivity contribution >= 4 is 45.2 Å². The monoisotopic (exact) mass is 378 g/mol. The number of aromatic nitrogens is 3. The molecule has 0 spiro atoms. The van der Waals surface area contributed by atoms with E-state index in [0.29, 0.717) is 0 Å². The third-order valence-electron chi connectivity index (χ3n) is 3.91. The number of alkyl halides is 1. The summed E-state index contributed by atoms with van der Waals surface area (Å²) in [5.74, 6) is 1.84. The molecule has 5 heteroatoms. The summed E-state index contributed by atoms with van der Waals surface area (Å²) in [5.41, 5.74) is 2.12. The van der Waals surface area contributed by atoms with E-state index in [9.17, 15) is 0 Å². The number of piperidine rings is 1. The summed E-state index contributed by atoms with van der Waals surface area (Å²) in [4.78, 5) is 11.7. The van der Waals surface area contributed by atoms with Crippen LogP contribution in [0.5, 0.6) is 0 Å². The van der Waals surface area contributed by atoms with Crippen LogP contribution in [-0.4, -0.2) is 31.4 Å². The van der Waals surface area contributed by atoms with Crippen molar-refractivity contribution in [2.24, 2.45) is 0 Å². The van der Waals surface area contributed by atoms with E-state index in [0.717, 1.165) is 39.6 Å². The first-order valence-electron chi connectivity index (χ1n) is 6.94. The fourth-order valence-electron chi connectivity index (χ4n) is 2.79. The van der Waals surface area contributed by atoms with E-state index < -0.39 is 0 Å². The molecular formula is C15H15IN4. The molecule has 4 nitrogen and oxygen atoms in total. The third kappa shape index (κ3) is 2.04. The van der Waals surface area contributed by atoms with Gasteiger partial charge in [-0.25, -0.2) is 4.98 Å². The second-order valence-electron chi connectivity index (χ2n) is 5.22. The van der Waals surface area contributed by atoms with Gasteiger partial charge in [-0.1, -0.05) is 34.7 Å². The Balaban J connectivity index is 1.77. The average Bonchev–Trinajstić information content (AvgIpc) is 2.85. The van der Waals surface area contributed by atoms with Crippen LogP contribution in [0.3, 0.4) is 0 Å². The summed E-state index contributed by atoms with van der Waals surface area (Å²) in [5, 5.41) is 0. The predicted molar refractivity (Wildman–Crippen MR) is 89.7 cm³/mol. The minimum absolute atomic E-state index is 0.792. The minimum atomic E-state index is 0.792. The van der Waals surface area contributed by atoms with Crippen LogP contribution < -0.4 is 4.90 Å². The molecule has 0 aliphatic carbocycles. The van der Waals surface area contributed by atoms with E-state index in [1.54, 1.807) is 0 Å². The zero-order valence-corrected chi connectivity index (χ0v) is 13.2. The van der Waals surface area contributed by atoms with Crippen molar-refractivity contribution in [3.63, 3.8) is 0 Å². The molecule has 1 aromatic carbocycles. The van der Waals surface area contributed by atoms with E-state index in [4.69, 9.17) is 4.98 Å². The van der Waals surface area contributed by atoms with Crippen LogP contribution in [0, 0.1) is 0 Å². The lowest BCUT2D eigenvalue weighted by Gasteiger charge is -2.30. The summed E-state index contributed by atoms with van der Waals surface area (Å²) in [6.45, 7) is 2.19. The van der Waals surface area contributed by atoms with Crippen molar-refractivity contribution in [2.75, 3.05) is 18.0 Å². The van der Waals surface area contributed by atoms with Crippen LogP contribution >= 0.6 is 22.6 Å². The van der Waals surface area contributed by atoms with Crippen molar-refractivity contribution in [1.29, 1.82) is 0 Å². The molecule has 4 rings (SSSR count). The van der Waals surface area contributed by atoms with Crippen molar-refractivity contribution < 1.29 is 0 Å². The number of nitrogens with zero attached hydrogens (tertiary/aromatic N) is 4. The van der Waals surface area contributed by atoms with Gasteiger partial charge in [-0.05, 0) is 31.0 Å². The standard InChI is InChI=1S/C15H15IN4/c16-11-5-8-19(9-6-11)14-7-10-20-13-4-2-1-3-12(13)17-15(20)18-14/h1-4,7,10-11H,5-6,8-9H2. The summed E-state index contributed by atoms with van der Waals surface area (Å²) < 4.78 is 2.87. The van der Waals surface area contributed by atoms with Crippen LogP contribution in [-0.2, 0) is 0 Å². The first-order valence-corrected chi connectivity index (χ1v) is 8.19. The van der Waals surface area contributed by atoms with Gasteiger partial charge in [0.1, 0.15) is 5.82 Å². The smallest absolute Gasteiger partial charge is 0.236 e. The molecule has 0 N–H and O–H groups in total. The third-order valence-corrected chi connectivity index (χ3v) is 5.16. The number of imidazole rings is 1. The number of hydrogen-bond donors (Lipinski definition) is 0. The van der Waals surface area contributed by atoms with E-state index in [-0.39, 0.29) is 0 Å². The first kappa shape index (κ1) is 12.4. The normalized spacial score (nSPS) is 17.1. The largest absolute Gasteiger partial charge is 0.356 e. The van der Waals surface area contributed by atoms with Gasteiger partial charge in [-0.2, -0.15) is 4.98 Å². The van der Waals surface area contributed by atoms with Crippen molar-refractivity contribution in [2.45, 2.75) is 16.8 Å². The van der Waals surface area contributed by atoms with Gasteiger partial charge in [0, 0.05) is 23.2 Å². The van der Waals surface area contributed by atoms with Crippen LogP contribution in [0.1, 0.15) is 12.8 Å². The van der Waals surface area contributed by atoms with Gasteiger partial charge in [0.05, 0.1) is 11.0 Å². The highest BCUT2D eigenvalue weighted by Crippen LogP contribution is 2.23. The molecule has 3 aromatic rings. The second-order valence-corrected chi connectivity index (χ2v) is 6.98. The molecule has 1 fully saturated rings. The molecule has 102 valence electrons. The first-order chi connectivity index (χ1) is 9.81. The molecule has 0 atom stereocenters. The maximum absolute atomic E-state index is 4.74. The molecule has 2 aromatic heterocycles. The van der Waals surface area contributed by atoms with Crippen molar-refractivity contribution in [3.05, 3.63) is 36.5 Å². The van der Waals surface area contributed by atoms with Gasteiger partial charge >= 0.3 is 0 Å². The Bertz CT molecular complexity index is 759. The maximum atomic E-state index is 4.74. The highest BCUT2D eigenvalue weighted by molar-refractivity contribution is 14.1. The number of fused-ring (bicyclic) bond motifs is 3. The minimum Gasteiger partial charge on any atom is -0.356 e. The quantitative estimate of drug-likeness (QED) is 0.481. The van der Waals surface area contributed by atoms with Gasteiger partial charge in [0.15, 0.2) is 0 Å². The maximum Gasteiger partial charge on any atom is 0.236 e. The number of hydrogen-bond acceptors (Lipinski definition) is 3. The molecule has 0 bridgehead atoms. The van der Waals surface area contributed by atoms with E-state index in [2.05, 4.69) is 55.2 Å². The lowest BCUT2D eigenvalue weighted by molar-refractivity contribution is 0.600. The van der Waals surface area contributed by atoms with E-state index in [1.807, 2.05) is 18.2 Å². The molecule has 0 radical (unpaired) electrons. The highest BCUT2D eigenvalue weighted by Gasteiger charge is 2.18. The zero-order valence-electron chi connectivity index (χ0n) is 11.0. The number of para-hydroxylation sites is 2. The summed E-state index contributed by atoms with van der Waals surface area (Å²) in [6, 6.07) is 10.3. The summed E-state index contributed by atoms with van der Waals surface area (Å²) >= 11 is 2.55. The molecule has 0 unspecified atom stereocenters. The Morgan fingerprint density at radius 3 is 2.70 bits per heavy atom. The van der Waals surface area contributed by atoms with Gasteiger partial charge in [0.2, 0.25) is 5.78 Å². The zero-order chi connectivity index (χ0) is 13.5. The Labute approximate surface area is 131 Å². The Hall–Kier alpha value is -1.37. The molecule has 0 saturated carbocycles. The van der Waals surface area contributed by atoms with Gasteiger partial charge in [-0.3, -0.25) is 4.40 Å². The topological polar surface area (TPSA) is 33.4 Å². The molecule has 1 aliphatic heterocycles. The number of anilines is 1. The molecule has 0 amide bonds. The molecular weight excluding hydrogens is 363 g/mol. The molecule has 3 heterocycles. The molecule has 1 saturated heterocycles. The van der Waals surface area contributed by atoms with E-state index in [1.165, 1.54) is 12.8 Å². The van der Waals surface area contributed by atoms with Gasteiger partial charge < -0.3 is 4.90 Å². The predicted octanol–water partition coefficient (Wildman–Crippen LogP) is 3.29.